The molecule has 0 aliphatic carbocycles. The van der Waals surface area contributed by atoms with Gasteiger partial charge in [-0.1, -0.05) is 11.6 Å². The molecule has 2 aromatic heterocycles. The number of hydrogen-bond donors (Lipinski definition) is 0. The van der Waals surface area contributed by atoms with Crippen LogP contribution in [0.3, 0.4) is 0 Å². The third-order valence-electron chi connectivity index (χ3n) is 3.53. The standard InChI is InChI=1S/C14H18ClN3OS/c1-18(8-10-4-2-3-6-19-10)9-12-16-13(15)11-5-7-20-14(11)17-12/h5,7,10H,2-4,6,8-9H2,1H3. The van der Waals surface area contributed by atoms with Crippen molar-refractivity contribution in [2.75, 3.05) is 20.2 Å². The number of hydrogen-bond acceptors (Lipinski definition) is 5. The monoisotopic (exact) mass is 311 g/mol. The van der Waals surface area contributed by atoms with Gasteiger partial charge in [0.2, 0.25) is 0 Å². The fourth-order valence-corrected chi connectivity index (χ4v) is 3.63. The number of ether oxygens (including phenoxy) is 1. The summed E-state index contributed by atoms with van der Waals surface area (Å²) in [5.41, 5.74) is 0. The lowest BCUT2D eigenvalue weighted by molar-refractivity contribution is -0.00290. The molecule has 0 aromatic carbocycles. The lowest BCUT2D eigenvalue weighted by Gasteiger charge is -2.27. The molecule has 0 saturated carbocycles. The van der Waals surface area contributed by atoms with Gasteiger partial charge in [0.1, 0.15) is 15.8 Å². The molecule has 1 aliphatic heterocycles. The summed E-state index contributed by atoms with van der Waals surface area (Å²) in [5.74, 6) is 0.781. The van der Waals surface area contributed by atoms with E-state index >= 15 is 0 Å². The number of likely N-dealkylation sites (N-methyl/N-ethyl adjacent to an activating group) is 1. The van der Waals surface area contributed by atoms with Crippen molar-refractivity contribution in [2.45, 2.75) is 31.9 Å². The second-order valence-electron chi connectivity index (χ2n) is 5.26. The normalized spacial score (nSPS) is 19.9. The summed E-state index contributed by atoms with van der Waals surface area (Å²) in [6.07, 6.45) is 3.95. The van der Waals surface area contributed by atoms with Crippen LogP contribution in [0.5, 0.6) is 0 Å². The molecule has 108 valence electrons. The van der Waals surface area contributed by atoms with Crippen LogP contribution >= 0.6 is 22.9 Å². The van der Waals surface area contributed by atoms with Crippen LogP contribution in [-0.2, 0) is 11.3 Å². The van der Waals surface area contributed by atoms with E-state index in [2.05, 4.69) is 21.9 Å². The average molecular weight is 312 g/mol. The summed E-state index contributed by atoms with van der Waals surface area (Å²) in [7, 11) is 2.08. The fourth-order valence-electron chi connectivity index (χ4n) is 2.54. The van der Waals surface area contributed by atoms with Crippen LogP contribution in [0.15, 0.2) is 11.4 Å². The largest absolute Gasteiger partial charge is 0.377 e. The molecule has 2 aromatic rings. The van der Waals surface area contributed by atoms with Crippen molar-refractivity contribution in [1.82, 2.24) is 14.9 Å². The highest BCUT2D eigenvalue weighted by Gasteiger charge is 2.17. The lowest BCUT2D eigenvalue weighted by atomic mass is 10.1. The van der Waals surface area contributed by atoms with Crippen LogP contribution in [0.2, 0.25) is 5.15 Å². The van der Waals surface area contributed by atoms with Crippen LogP contribution in [0, 0.1) is 0 Å². The van der Waals surface area contributed by atoms with Gasteiger partial charge in [-0.2, -0.15) is 0 Å². The van der Waals surface area contributed by atoms with Crippen molar-refractivity contribution >= 4 is 33.2 Å². The number of halogens is 1. The molecule has 0 amide bonds. The fraction of sp³-hybridized carbons (Fsp3) is 0.571. The predicted octanol–water partition coefficient (Wildman–Crippen LogP) is 3.35. The maximum absolute atomic E-state index is 6.19. The van der Waals surface area contributed by atoms with E-state index in [1.54, 1.807) is 11.3 Å². The van der Waals surface area contributed by atoms with Crippen LogP contribution in [-0.4, -0.2) is 41.2 Å². The van der Waals surface area contributed by atoms with Gasteiger partial charge in [-0.3, -0.25) is 4.90 Å². The van der Waals surface area contributed by atoms with E-state index in [9.17, 15) is 0 Å². The summed E-state index contributed by atoms with van der Waals surface area (Å²) in [5, 5.41) is 3.49. The van der Waals surface area contributed by atoms with Crippen LogP contribution in [0.25, 0.3) is 10.2 Å². The van der Waals surface area contributed by atoms with E-state index in [1.165, 1.54) is 12.8 Å². The molecule has 1 atom stereocenters. The van der Waals surface area contributed by atoms with E-state index < -0.39 is 0 Å². The SMILES string of the molecule is CN(Cc1nc(Cl)c2ccsc2n1)CC1CCCCO1. The Hall–Kier alpha value is -0.750. The summed E-state index contributed by atoms with van der Waals surface area (Å²) in [4.78, 5) is 12.1. The Balaban J connectivity index is 1.65. The van der Waals surface area contributed by atoms with E-state index in [0.29, 0.717) is 17.8 Å². The van der Waals surface area contributed by atoms with Crippen LogP contribution < -0.4 is 0 Å². The highest BCUT2D eigenvalue weighted by atomic mass is 35.5. The minimum atomic E-state index is 0.342. The molecule has 1 saturated heterocycles. The van der Waals surface area contributed by atoms with Crippen LogP contribution in [0.4, 0.5) is 0 Å². The zero-order valence-corrected chi connectivity index (χ0v) is 13.1. The topological polar surface area (TPSA) is 38.2 Å². The van der Waals surface area contributed by atoms with E-state index in [4.69, 9.17) is 16.3 Å². The number of rotatable bonds is 4. The zero-order valence-electron chi connectivity index (χ0n) is 11.5. The van der Waals surface area contributed by atoms with Crippen molar-refractivity contribution in [2.24, 2.45) is 0 Å². The quantitative estimate of drug-likeness (QED) is 0.812. The van der Waals surface area contributed by atoms with Crippen LogP contribution in [0.1, 0.15) is 25.1 Å². The number of nitrogens with zero attached hydrogens (tertiary/aromatic N) is 3. The number of fused-ring (bicyclic) bond motifs is 1. The maximum atomic E-state index is 6.19. The van der Waals surface area contributed by atoms with Crippen molar-refractivity contribution in [1.29, 1.82) is 0 Å². The average Bonchev–Trinajstić information content (AvgIpc) is 2.88. The van der Waals surface area contributed by atoms with Gasteiger partial charge in [0.15, 0.2) is 0 Å². The first-order chi connectivity index (χ1) is 9.72. The van der Waals surface area contributed by atoms with Gasteiger partial charge in [0.05, 0.1) is 12.6 Å². The molecule has 1 aliphatic rings. The Morgan fingerprint density at radius 3 is 3.15 bits per heavy atom. The minimum Gasteiger partial charge on any atom is -0.377 e. The molecular weight excluding hydrogens is 294 g/mol. The number of aromatic nitrogens is 2. The van der Waals surface area contributed by atoms with Gasteiger partial charge in [0, 0.05) is 18.5 Å². The number of thiophene rings is 1. The first-order valence-electron chi connectivity index (χ1n) is 6.92. The molecule has 6 heteroatoms. The Morgan fingerprint density at radius 1 is 1.45 bits per heavy atom. The van der Waals surface area contributed by atoms with Gasteiger partial charge in [-0.25, -0.2) is 9.97 Å². The minimum absolute atomic E-state index is 0.342. The molecule has 3 rings (SSSR count). The van der Waals surface area contributed by atoms with E-state index in [1.807, 2.05) is 11.4 Å². The van der Waals surface area contributed by atoms with Crippen molar-refractivity contribution in [3.05, 3.63) is 22.4 Å². The third-order valence-corrected chi connectivity index (χ3v) is 4.62. The Kier molecular flexibility index (Phi) is 4.51. The first-order valence-corrected chi connectivity index (χ1v) is 8.18. The molecule has 1 fully saturated rings. The third kappa shape index (κ3) is 3.28. The summed E-state index contributed by atoms with van der Waals surface area (Å²) < 4.78 is 5.76. The molecule has 0 N–H and O–H groups in total. The zero-order chi connectivity index (χ0) is 13.9. The first kappa shape index (κ1) is 14.2. The molecule has 20 heavy (non-hydrogen) atoms. The van der Waals surface area contributed by atoms with E-state index in [0.717, 1.165) is 35.6 Å². The van der Waals surface area contributed by atoms with Gasteiger partial charge < -0.3 is 4.74 Å². The molecular formula is C14H18ClN3OS. The molecule has 4 nitrogen and oxygen atoms in total. The maximum Gasteiger partial charge on any atom is 0.145 e. The second-order valence-corrected chi connectivity index (χ2v) is 6.51. The molecule has 0 spiro atoms. The molecule has 0 bridgehead atoms. The highest BCUT2D eigenvalue weighted by molar-refractivity contribution is 7.16. The highest BCUT2D eigenvalue weighted by Crippen LogP contribution is 2.25. The second kappa shape index (κ2) is 6.35. The van der Waals surface area contributed by atoms with Crippen molar-refractivity contribution in [3.63, 3.8) is 0 Å². The summed E-state index contributed by atoms with van der Waals surface area (Å²) >= 11 is 7.79. The smallest absolute Gasteiger partial charge is 0.145 e. The Labute approximate surface area is 127 Å². The van der Waals surface area contributed by atoms with Crippen molar-refractivity contribution < 1.29 is 4.74 Å². The van der Waals surface area contributed by atoms with Gasteiger partial charge >= 0.3 is 0 Å². The predicted molar refractivity (Wildman–Crippen MR) is 82.4 cm³/mol. The summed E-state index contributed by atoms with van der Waals surface area (Å²) in [6, 6.07) is 1.96. The van der Waals surface area contributed by atoms with Crippen molar-refractivity contribution in [3.8, 4) is 0 Å². The van der Waals surface area contributed by atoms with E-state index in [-0.39, 0.29) is 0 Å². The van der Waals surface area contributed by atoms with Gasteiger partial charge in [0.25, 0.3) is 0 Å². The molecule has 0 radical (unpaired) electrons. The van der Waals surface area contributed by atoms with Gasteiger partial charge in [-0.05, 0) is 37.8 Å². The lowest BCUT2D eigenvalue weighted by Crippen LogP contribution is -2.33. The summed E-state index contributed by atoms with van der Waals surface area (Å²) in [6.45, 7) is 2.51. The Morgan fingerprint density at radius 2 is 2.35 bits per heavy atom. The Bertz CT molecular complexity index is 583. The van der Waals surface area contributed by atoms with Gasteiger partial charge in [-0.15, -0.1) is 11.3 Å². The molecule has 1 unspecified atom stereocenters. The molecule has 3 heterocycles.